The molecule has 0 heterocycles. The molecule has 19 heavy (non-hydrogen) atoms. The zero-order valence-electron chi connectivity index (χ0n) is 10.8. The molecular formula is C13H16ClNO3S. The van der Waals surface area contributed by atoms with Crippen molar-refractivity contribution in [2.45, 2.75) is 31.4 Å². The van der Waals surface area contributed by atoms with Crippen molar-refractivity contribution >= 4 is 27.5 Å². The normalized spacial score (nSPS) is 22.3. The molecule has 1 saturated carbocycles. The standard InChI is InChI=1S/C13H16ClNO3S/c1-8(2)19(17,18)15-13(16)12-7-11(12)9-3-5-10(14)6-4-9/h3-6,8,11-12H,7H2,1-2H3,(H,15,16)/t11-,12-/m0/s1. The van der Waals surface area contributed by atoms with Crippen LogP contribution in [0.15, 0.2) is 24.3 Å². The van der Waals surface area contributed by atoms with E-state index >= 15 is 0 Å². The Balaban J connectivity index is 2.00. The fraction of sp³-hybridized carbons (Fsp3) is 0.462. The quantitative estimate of drug-likeness (QED) is 0.928. The molecule has 1 aliphatic carbocycles. The molecule has 0 aliphatic heterocycles. The summed E-state index contributed by atoms with van der Waals surface area (Å²) in [5.41, 5.74) is 1.02. The van der Waals surface area contributed by atoms with Crippen LogP contribution < -0.4 is 4.72 Å². The van der Waals surface area contributed by atoms with Crippen LogP contribution in [0, 0.1) is 5.92 Å². The molecule has 1 aliphatic rings. The van der Waals surface area contributed by atoms with Gasteiger partial charge in [0.05, 0.1) is 5.25 Å². The summed E-state index contributed by atoms with van der Waals surface area (Å²) in [5, 5.41) is 0.0389. The lowest BCUT2D eigenvalue weighted by Crippen LogP contribution is -2.36. The van der Waals surface area contributed by atoms with Gasteiger partial charge in [0.1, 0.15) is 0 Å². The minimum Gasteiger partial charge on any atom is -0.274 e. The highest BCUT2D eigenvalue weighted by Crippen LogP contribution is 2.47. The number of carbonyl (C=O) groups is 1. The summed E-state index contributed by atoms with van der Waals surface area (Å²) in [4.78, 5) is 11.9. The summed E-state index contributed by atoms with van der Waals surface area (Å²) in [7, 11) is -3.54. The van der Waals surface area contributed by atoms with Gasteiger partial charge in [0, 0.05) is 10.9 Å². The van der Waals surface area contributed by atoms with Crippen LogP contribution in [-0.2, 0) is 14.8 Å². The summed E-state index contributed by atoms with van der Waals surface area (Å²) < 4.78 is 25.4. The van der Waals surface area contributed by atoms with E-state index in [4.69, 9.17) is 11.6 Å². The Labute approximate surface area is 118 Å². The molecule has 1 aromatic rings. The molecule has 0 spiro atoms. The van der Waals surface area contributed by atoms with Gasteiger partial charge in [0.15, 0.2) is 0 Å². The van der Waals surface area contributed by atoms with Crippen molar-refractivity contribution in [1.29, 1.82) is 0 Å². The Morgan fingerprint density at radius 3 is 2.42 bits per heavy atom. The van der Waals surface area contributed by atoms with Crippen molar-refractivity contribution in [2.75, 3.05) is 0 Å². The number of rotatable bonds is 4. The van der Waals surface area contributed by atoms with Gasteiger partial charge in [-0.2, -0.15) is 0 Å². The van der Waals surface area contributed by atoms with Crippen molar-refractivity contribution in [3.8, 4) is 0 Å². The van der Waals surface area contributed by atoms with Gasteiger partial charge in [-0.25, -0.2) is 8.42 Å². The first-order valence-electron chi connectivity index (χ1n) is 6.12. The lowest BCUT2D eigenvalue weighted by atomic mass is 10.1. The molecule has 1 amide bonds. The monoisotopic (exact) mass is 301 g/mol. The van der Waals surface area contributed by atoms with Crippen LogP contribution >= 0.6 is 11.6 Å². The molecule has 6 heteroatoms. The summed E-state index contributed by atoms with van der Waals surface area (Å²) in [6.07, 6.45) is 0.682. The summed E-state index contributed by atoms with van der Waals surface area (Å²) >= 11 is 5.80. The second-order valence-corrected chi connectivity index (χ2v) is 7.73. The third-order valence-corrected chi connectivity index (χ3v) is 5.27. The second kappa shape index (κ2) is 5.13. The molecule has 1 N–H and O–H groups in total. The average molecular weight is 302 g/mol. The summed E-state index contributed by atoms with van der Waals surface area (Å²) in [5.74, 6) is -0.567. The minimum atomic E-state index is -3.54. The van der Waals surface area contributed by atoms with Crippen LogP contribution in [0.2, 0.25) is 5.02 Å². The topological polar surface area (TPSA) is 63.2 Å². The minimum absolute atomic E-state index is 0.0969. The van der Waals surface area contributed by atoms with E-state index in [1.807, 2.05) is 12.1 Å². The molecule has 0 radical (unpaired) electrons. The van der Waals surface area contributed by atoms with E-state index in [-0.39, 0.29) is 11.8 Å². The third-order valence-electron chi connectivity index (χ3n) is 3.29. The summed E-state index contributed by atoms with van der Waals surface area (Å²) in [6.45, 7) is 3.08. The van der Waals surface area contributed by atoms with Crippen molar-refractivity contribution in [2.24, 2.45) is 5.92 Å². The number of hydrogen-bond donors (Lipinski definition) is 1. The first kappa shape index (κ1) is 14.3. The SMILES string of the molecule is CC(C)S(=O)(=O)NC(=O)[C@H]1C[C@H]1c1ccc(Cl)cc1. The summed E-state index contributed by atoms with van der Waals surface area (Å²) in [6, 6.07) is 7.29. The first-order chi connectivity index (χ1) is 8.81. The molecule has 2 atom stereocenters. The van der Waals surface area contributed by atoms with E-state index in [9.17, 15) is 13.2 Å². The molecule has 4 nitrogen and oxygen atoms in total. The number of nitrogens with one attached hydrogen (secondary N) is 1. The predicted octanol–water partition coefficient (Wildman–Crippen LogP) is 2.30. The zero-order chi connectivity index (χ0) is 14.2. The van der Waals surface area contributed by atoms with E-state index in [1.54, 1.807) is 26.0 Å². The Bertz CT molecular complexity index is 580. The lowest BCUT2D eigenvalue weighted by molar-refractivity contribution is -0.120. The number of benzene rings is 1. The fourth-order valence-corrected chi connectivity index (χ4v) is 2.69. The molecule has 0 aromatic heterocycles. The number of halogens is 1. The van der Waals surface area contributed by atoms with Crippen LogP contribution in [-0.4, -0.2) is 19.6 Å². The van der Waals surface area contributed by atoms with Crippen molar-refractivity contribution in [1.82, 2.24) is 4.72 Å². The van der Waals surface area contributed by atoms with Crippen LogP contribution in [0.5, 0.6) is 0 Å². The number of amides is 1. The highest BCUT2D eigenvalue weighted by molar-refractivity contribution is 7.90. The van der Waals surface area contributed by atoms with Crippen molar-refractivity contribution < 1.29 is 13.2 Å². The van der Waals surface area contributed by atoms with Gasteiger partial charge >= 0.3 is 0 Å². The Morgan fingerprint density at radius 1 is 1.32 bits per heavy atom. The molecule has 0 unspecified atom stereocenters. The largest absolute Gasteiger partial charge is 0.274 e. The average Bonchev–Trinajstić information content (AvgIpc) is 3.09. The molecular weight excluding hydrogens is 286 g/mol. The highest BCUT2D eigenvalue weighted by atomic mass is 35.5. The second-order valence-electron chi connectivity index (χ2n) is 5.06. The zero-order valence-corrected chi connectivity index (χ0v) is 12.3. The highest BCUT2D eigenvalue weighted by Gasteiger charge is 2.45. The molecule has 0 saturated heterocycles. The van der Waals surface area contributed by atoms with Gasteiger partial charge in [-0.15, -0.1) is 0 Å². The van der Waals surface area contributed by atoms with E-state index in [2.05, 4.69) is 4.72 Å². The maximum absolute atomic E-state index is 11.9. The Morgan fingerprint density at radius 2 is 1.89 bits per heavy atom. The Hall–Kier alpha value is -1.07. The van der Waals surface area contributed by atoms with Crippen LogP contribution in [0.25, 0.3) is 0 Å². The van der Waals surface area contributed by atoms with E-state index in [0.29, 0.717) is 11.4 Å². The maximum Gasteiger partial charge on any atom is 0.237 e. The molecule has 0 bridgehead atoms. The predicted molar refractivity (Wildman–Crippen MR) is 74.5 cm³/mol. The first-order valence-corrected chi connectivity index (χ1v) is 8.04. The molecule has 1 aromatic carbocycles. The van der Waals surface area contributed by atoms with Gasteiger partial charge in [0.2, 0.25) is 15.9 Å². The van der Waals surface area contributed by atoms with Crippen LogP contribution in [0.3, 0.4) is 0 Å². The molecule has 2 rings (SSSR count). The van der Waals surface area contributed by atoms with Gasteiger partial charge in [-0.1, -0.05) is 23.7 Å². The number of carbonyl (C=O) groups excluding carboxylic acids is 1. The van der Waals surface area contributed by atoms with E-state index in [1.165, 1.54) is 0 Å². The Kier molecular flexibility index (Phi) is 3.87. The van der Waals surface area contributed by atoms with Crippen LogP contribution in [0.1, 0.15) is 31.7 Å². The molecule has 104 valence electrons. The van der Waals surface area contributed by atoms with E-state index < -0.39 is 21.2 Å². The van der Waals surface area contributed by atoms with Gasteiger partial charge < -0.3 is 0 Å². The molecule has 1 fully saturated rings. The number of hydrogen-bond acceptors (Lipinski definition) is 3. The van der Waals surface area contributed by atoms with Crippen molar-refractivity contribution in [3.05, 3.63) is 34.9 Å². The smallest absolute Gasteiger partial charge is 0.237 e. The van der Waals surface area contributed by atoms with Crippen LogP contribution in [0.4, 0.5) is 0 Å². The maximum atomic E-state index is 11.9. The van der Waals surface area contributed by atoms with Gasteiger partial charge in [0.25, 0.3) is 0 Å². The fourth-order valence-electron chi connectivity index (χ4n) is 1.90. The van der Waals surface area contributed by atoms with Crippen molar-refractivity contribution in [3.63, 3.8) is 0 Å². The third kappa shape index (κ3) is 3.28. The van der Waals surface area contributed by atoms with Gasteiger partial charge in [-0.3, -0.25) is 9.52 Å². The lowest BCUT2D eigenvalue weighted by Gasteiger charge is -2.09. The van der Waals surface area contributed by atoms with Gasteiger partial charge in [-0.05, 0) is 43.9 Å². The van der Waals surface area contributed by atoms with E-state index in [0.717, 1.165) is 5.56 Å². The number of sulfonamides is 1.